The van der Waals surface area contributed by atoms with Crippen LogP contribution in [0.15, 0.2) is 47.6 Å². The normalized spacial score (nSPS) is 12.8. The lowest BCUT2D eigenvalue weighted by Crippen LogP contribution is -2.48. The van der Waals surface area contributed by atoms with E-state index in [1.165, 1.54) is 18.3 Å². The summed E-state index contributed by atoms with van der Waals surface area (Å²) in [4.78, 5) is 36.8. The van der Waals surface area contributed by atoms with Gasteiger partial charge in [-0.05, 0) is 67.8 Å². The summed E-state index contributed by atoms with van der Waals surface area (Å²) < 4.78 is 10.4. The summed E-state index contributed by atoms with van der Waals surface area (Å²) in [7, 11) is 0. The maximum Gasteiger partial charge on any atom is 0.347 e. The van der Waals surface area contributed by atoms with Crippen molar-refractivity contribution in [2.24, 2.45) is 11.0 Å². The molecule has 2 N–H and O–H groups in total. The number of rotatable bonds is 10. The van der Waals surface area contributed by atoms with Crippen molar-refractivity contribution in [1.29, 1.82) is 0 Å². The smallest absolute Gasteiger partial charge is 0.347 e. The van der Waals surface area contributed by atoms with E-state index in [9.17, 15) is 14.4 Å². The number of hydrogen-bond acceptors (Lipinski definition) is 6. The molecule has 0 fully saturated rings. The lowest BCUT2D eigenvalue weighted by molar-refractivity contribution is -0.150. The summed E-state index contributed by atoms with van der Waals surface area (Å²) in [5.41, 5.74) is 3.34. The Balaban J connectivity index is 1.96. The molecule has 10 heteroatoms. The predicted octanol–water partition coefficient (Wildman–Crippen LogP) is 4.23. The minimum atomic E-state index is -0.837. The molecule has 0 heterocycles. The van der Waals surface area contributed by atoms with Crippen molar-refractivity contribution in [1.82, 2.24) is 10.7 Å². The number of carbonyl (C=O) groups is 3. The van der Waals surface area contributed by atoms with E-state index in [-0.39, 0.29) is 23.1 Å². The Bertz CT molecular complexity index is 1040. The Morgan fingerprint density at radius 1 is 1.06 bits per heavy atom. The second-order valence-corrected chi connectivity index (χ2v) is 8.48. The second-order valence-electron chi connectivity index (χ2n) is 7.63. The molecule has 0 radical (unpaired) electrons. The molecular formula is C24H27Cl2N3O5. The van der Waals surface area contributed by atoms with Crippen molar-refractivity contribution in [3.05, 3.63) is 63.6 Å². The van der Waals surface area contributed by atoms with Crippen molar-refractivity contribution in [3.8, 4) is 5.75 Å². The summed E-state index contributed by atoms with van der Waals surface area (Å²) in [6, 6.07) is 10.4. The summed E-state index contributed by atoms with van der Waals surface area (Å²) >= 11 is 12.0. The molecule has 0 bridgehead atoms. The molecule has 2 unspecified atom stereocenters. The number of nitrogens with zero attached hydrogens (tertiary/aromatic N) is 1. The van der Waals surface area contributed by atoms with Crippen molar-refractivity contribution < 1.29 is 23.9 Å². The van der Waals surface area contributed by atoms with Crippen LogP contribution in [0, 0.1) is 5.92 Å². The van der Waals surface area contributed by atoms with Crippen LogP contribution in [-0.2, 0) is 14.3 Å². The molecule has 0 saturated carbocycles. The van der Waals surface area contributed by atoms with Crippen molar-refractivity contribution in [2.45, 2.75) is 39.8 Å². The van der Waals surface area contributed by atoms with Crippen LogP contribution in [0.5, 0.6) is 5.75 Å². The van der Waals surface area contributed by atoms with Crippen LogP contribution in [0.4, 0.5) is 0 Å². The molecule has 0 spiro atoms. The van der Waals surface area contributed by atoms with Crippen LogP contribution in [0.3, 0.4) is 0 Å². The lowest BCUT2D eigenvalue weighted by Gasteiger charge is -2.20. The molecule has 2 amide bonds. The minimum Gasteiger partial charge on any atom is -0.479 e. The Morgan fingerprint density at radius 3 is 2.32 bits per heavy atom. The third-order valence-electron chi connectivity index (χ3n) is 4.61. The van der Waals surface area contributed by atoms with Gasteiger partial charge >= 0.3 is 5.97 Å². The van der Waals surface area contributed by atoms with Crippen molar-refractivity contribution in [2.75, 3.05) is 6.61 Å². The average Bonchev–Trinajstić information content (AvgIpc) is 2.78. The van der Waals surface area contributed by atoms with Gasteiger partial charge < -0.3 is 14.8 Å². The van der Waals surface area contributed by atoms with E-state index in [0.29, 0.717) is 16.3 Å². The number of nitrogens with one attached hydrogen (secondary N) is 2. The summed E-state index contributed by atoms with van der Waals surface area (Å²) in [5.74, 6) is -1.13. The highest BCUT2D eigenvalue weighted by Gasteiger charge is 2.25. The van der Waals surface area contributed by atoms with Gasteiger partial charge in [-0.1, -0.05) is 37.0 Å². The Labute approximate surface area is 208 Å². The molecule has 34 heavy (non-hydrogen) atoms. The molecule has 0 aliphatic heterocycles. The fourth-order valence-electron chi connectivity index (χ4n) is 2.81. The maximum absolute atomic E-state index is 12.6. The molecule has 0 aliphatic carbocycles. The van der Waals surface area contributed by atoms with Gasteiger partial charge in [0.15, 0.2) is 6.10 Å². The van der Waals surface area contributed by atoms with Crippen LogP contribution in [-0.4, -0.2) is 42.8 Å². The predicted molar refractivity (Wildman–Crippen MR) is 131 cm³/mol. The topological polar surface area (TPSA) is 106 Å². The third-order valence-corrected chi connectivity index (χ3v) is 5.16. The average molecular weight is 508 g/mol. The first kappa shape index (κ1) is 27.1. The van der Waals surface area contributed by atoms with Crippen LogP contribution in [0.1, 0.15) is 43.6 Å². The summed E-state index contributed by atoms with van der Waals surface area (Å²) in [6.45, 7) is 7.21. The Morgan fingerprint density at radius 2 is 1.74 bits per heavy atom. The lowest BCUT2D eigenvalue weighted by atomic mass is 10.0. The number of carbonyl (C=O) groups excluding carboxylic acids is 3. The molecule has 2 atom stereocenters. The number of halogens is 2. The van der Waals surface area contributed by atoms with Crippen LogP contribution in [0.2, 0.25) is 10.0 Å². The van der Waals surface area contributed by atoms with Crippen LogP contribution >= 0.6 is 23.2 Å². The van der Waals surface area contributed by atoms with Gasteiger partial charge in [0, 0.05) is 5.02 Å². The molecule has 0 aromatic heterocycles. The van der Waals surface area contributed by atoms with Gasteiger partial charge in [0.05, 0.1) is 23.4 Å². The zero-order valence-electron chi connectivity index (χ0n) is 19.3. The fraction of sp³-hybridized carbons (Fsp3) is 0.333. The minimum absolute atomic E-state index is 0.190. The van der Waals surface area contributed by atoms with E-state index < -0.39 is 29.9 Å². The monoisotopic (exact) mass is 507 g/mol. The maximum atomic E-state index is 12.6. The van der Waals surface area contributed by atoms with Crippen molar-refractivity contribution in [3.63, 3.8) is 0 Å². The fourth-order valence-corrected chi connectivity index (χ4v) is 3.31. The van der Waals surface area contributed by atoms with Gasteiger partial charge in [0.2, 0.25) is 0 Å². The number of ether oxygens (including phenoxy) is 2. The highest BCUT2D eigenvalue weighted by Crippen LogP contribution is 2.21. The van der Waals surface area contributed by atoms with Crippen LogP contribution < -0.4 is 15.5 Å². The van der Waals surface area contributed by atoms with E-state index >= 15 is 0 Å². The van der Waals surface area contributed by atoms with Gasteiger partial charge in [-0.2, -0.15) is 5.10 Å². The van der Waals surface area contributed by atoms with Gasteiger partial charge in [0.1, 0.15) is 11.8 Å². The Kier molecular flexibility index (Phi) is 10.3. The van der Waals surface area contributed by atoms with Gasteiger partial charge in [-0.3, -0.25) is 9.59 Å². The van der Waals surface area contributed by atoms with Gasteiger partial charge in [0.25, 0.3) is 11.8 Å². The number of amides is 2. The molecule has 0 saturated heterocycles. The largest absolute Gasteiger partial charge is 0.479 e. The first-order valence-electron chi connectivity index (χ1n) is 10.6. The van der Waals surface area contributed by atoms with E-state index in [1.807, 2.05) is 0 Å². The first-order valence-corrected chi connectivity index (χ1v) is 11.4. The standard InChI is InChI=1S/C24H27Cl2N3O5/c1-5-33-24(32)15(4)34-18-9-6-16(7-10-18)13-27-29-23(31)21(14(2)3)28-22(30)19-11-8-17(25)12-20(19)26/h6-15,21H,5H2,1-4H3,(H,28,30)(H,29,31)/b27-13+. The van der Waals surface area contributed by atoms with E-state index in [1.54, 1.807) is 58.0 Å². The number of hydrogen-bond donors (Lipinski definition) is 2. The molecule has 2 aromatic rings. The van der Waals surface area contributed by atoms with Crippen molar-refractivity contribution >= 4 is 47.2 Å². The zero-order chi connectivity index (χ0) is 25.3. The highest BCUT2D eigenvalue weighted by molar-refractivity contribution is 6.36. The quantitative estimate of drug-likeness (QED) is 0.284. The first-order chi connectivity index (χ1) is 16.1. The molecule has 2 rings (SSSR count). The number of esters is 1. The molecule has 2 aromatic carbocycles. The zero-order valence-corrected chi connectivity index (χ0v) is 20.8. The molecule has 182 valence electrons. The number of hydrazone groups is 1. The molecular weight excluding hydrogens is 481 g/mol. The SMILES string of the molecule is CCOC(=O)C(C)Oc1ccc(/C=N/NC(=O)C(NC(=O)c2ccc(Cl)cc2Cl)C(C)C)cc1. The van der Waals surface area contributed by atoms with Gasteiger partial charge in [-0.25, -0.2) is 10.2 Å². The number of benzene rings is 2. The van der Waals surface area contributed by atoms with E-state index in [4.69, 9.17) is 32.7 Å². The van der Waals surface area contributed by atoms with E-state index in [2.05, 4.69) is 15.8 Å². The summed E-state index contributed by atoms with van der Waals surface area (Å²) in [5, 5.41) is 7.24. The van der Waals surface area contributed by atoms with Crippen LogP contribution in [0.25, 0.3) is 0 Å². The molecule has 8 nitrogen and oxygen atoms in total. The third kappa shape index (κ3) is 8.04. The summed E-state index contributed by atoms with van der Waals surface area (Å²) in [6.07, 6.45) is 0.718. The molecule has 0 aliphatic rings. The highest BCUT2D eigenvalue weighted by atomic mass is 35.5. The Hall–Kier alpha value is -3.10. The van der Waals surface area contributed by atoms with Gasteiger partial charge in [-0.15, -0.1) is 0 Å². The van der Waals surface area contributed by atoms with E-state index in [0.717, 1.165) is 0 Å². The second kappa shape index (κ2) is 13.0.